The maximum absolute atomic E-state index is 14.1. The molecule has 0 bridgehead atoms. The third kappa shape index (κ3) is 7.28. The van der Waals surface area contributed by atoms with Gasteiger partial charge in [-0.25, -0.2) is 19.9 Å². The summed E-state index contributed by atoms with van der Waals surface area (Å²) in [5, 5.41) is 8.74. The van der Waals surface area contributed by atoms with Crippen LogP contribution in [0.2, 0.25) is 0 Å². The number of amides is 2. The van der Waals surface area contributed by atoms with Gasteiger partial charge >= 0.3 is 6.18 Å². The van der Waals surface area contributed by atoms with Gasteiger partial charge in [0.1, 0.15) is 6.33 Å². The number of benzene rings is 2. The second kappa shape index (κ2) is 12.5. The second-order valence-corrected chi connectivity index (χ2v) is 10.0. The Balaban J connectivity index is 1.32. The third-order valence-corrected chi connectivity index (χ3v) is 6.93. The normalized spacial score (nSPS) is 15.6. The van der Waals surface area contributed by atoms with E-state index in [9.17, 15) is 22.8 Å². The molecule has 1 unspecified atom stereocenters. The number of carbonyl (C=O) groups is 2. The van der Waals surface area contributed by atoms with E-state index in [4.69, 9.17) is 5.73 Å². The molecule has 1 atom stereocenters. The van der Waals surface area contributed by atoms with Crippen LogP contribution in [0.1, 0.15) is 27.0 Å². The number of aromatic nitrogens is 4. The molecule has 4 aromatic rings. The van der Waals surface area contributed by atoms with E-state index >= 15 is 0 Å². The summed E-state index contributed by atoms with van der Waals surface area (Å²) >= 11 is 0. The molecule has 0 spiro atoms. The molecule has 0 saturated carbocycles. The Morgan fingerprint density at radius 2 is 1.91 bits per heavy atom. The Morgan fingerprint density at radius 3 is 2.65 bits per heavy atom. The maximum Gasteiger partial charge on any atom is 0.416 e. The highest BCUT2D eigenvalue weighted by molar-refractivity contribution is 6.04. The minimum atomic E-state index is -4.69. The first-order chi connectivity index (χ1) is 20.6. The zero-order valence-electron chi connectivity index (χ0n) is 23.0. The fourth-order valence-corrected chi connectivity index (χ4v) is 4.67. The Morgan fingerprint density at radius 1 is 1.12 bits per heavy atom. The van der Waals surface area contributed by atoms with Crippen LogP contribution in [-0.2, 0) is 17.5 Å². The van der Waals surface area contributed by atoms with Crippen molar-refractivity contribution in [2.45, 2.75) is 25.7 Å². The topological polar surface area (TPSA) is 151 Å². The van der Waals surface area contributed by atoms with Gasteiger partial charge in [-0.3, -0.25) is 14.5 Å². The largest absolute Gasteiger partial charge is 0.416 e. The Hall–Kier alpha value is -4.95. The number of nitrogens with zero attached hydrogens (tertiary/aromatic N) is 5. The van der Waals surface area contributed by atoms with Gasteiger partial charge in [0.05, 0.1) is 17.3 Å². The van der Waals surface area contributed by atoms with Gasteiger partial charge in [-0.15, -0.1) is 0 Å². The molecular weight excluding hydrogens is 563 g/mol. The van der Waals surface area contributed by atoms with Crippen LogP contribution in [0.15, 0.2) is 67.4 Å². The summed E-state index contributed by atoms with van der Waals surface area (Å²) in [7, 11) is 0. The fraction of sp³-hybridized carbons (Fsp3) is 0.241. The predicted octanol–water partition coefficient (Wildman–Crippen LogP) is 3.52. The van der Waals surface area contributed by atoms with E-state index in [1.165, 1.54) is 18.5 Å². The van der Waals surface area contributed by atoms with Crippen molar-refractivity contribution in [3.8, 4) is 11.3 Å². The molecule has 2 amide bonds. The predicted molar refractivity (Wildman–Crippen MR) is 153 cm³/mol. The van der Waals surface area contributed by atoms with E-state index in [1.807, 2.05) is 6.92 Å². The number of piperazine rings is 1. The number of anilines is 3. The van der Waals surface area contributed by atoms with E-state index in [1.54, 1.807) is 47.8 Å². The summed E-state index contributed by atoms with van der Waals surface area (Å²) < 4.78 is 42.2. The van der Waals surface area contributed by atoms with E-state index in [2.05, 4.69) is 35.9 Å². The lowest BCUT2D eigenvalue weighted by Gasteiger charge is -2.32. The summed E-state index contributed by atoms with van der Waals surface area (Å²) in [6, 6.07) is 9.62. The molecule has 5 N–H and O–H groups in total. The average Bonchev–Trinajstić information content (AvgIpc) is 2.99. The molecule has 1 aliphatic rings. The summed E-state index contributed by atoms with van der Waals surface area (Å²) in [6.07, 6.45) is 1.56. The number of rotatable bonds is 8. The van der Waals surface area contributed by atoms with Crippen LogP contribution < -0.4 is 21.7 Å². The van der Waals surface area contributed by atoms with Crippen molar-refractivity contribution in [2.75, 3.05) is 30.3 Å². The summed E-state index contributed by atoms with van der Waals surface area (Å²) in [6.45, 7) is 2.86. The smallest absolute Gasteiger partial charge is 0.368 e. The number of primary amides is 1. The SMILES string of the molecule is Cc1ccc(NC(=O)c2ccc(CN3CCNC(C(N)=O)C3)c(C(F)(F)F)c2)cc1Nc1nccc(-c2cncnc2)n1. The molecule has 1 fully saturated rings. The molecule has 0 radical (unpaired) electrons. The number of hydrogen-bond donors (Lipinski definition) is 4. The lowest BCUT2D eigenvalue weighted by Crippen LogP contribution is -2.55. The highest BCUT2D eigenvalue weighted by atomic mass is 19.4. The van der Waals surface area contributed by atoms with Crippen molar-refractivity contribution >= 4 is 29.1 Å². The number of nitrogens with two attached hydrogens (primary N) is 1. The molecular formula is C29H28F3N9O2. The monoisotopic (exact) mass is 591 g/mol. The van der Waals surface area contributed by atoms with Gasteiger partial charge in [0.2, 0.25) is 11.9 Å². The van der Waals surface area contributed by atoms with Crippen molar-refractivity contribution in [1.29, 1.82) is 0 Å². The first-order valence-corrected chi connectivity index (χ1v) is 13.3. The zero-order valence-corrected chi connectivity index (χ0v) is 23.0. The number of aryl methyl sites for hydroxylation is 1. The number of halogens is 3. The van der Waals surface area contributed by atoms with Gasteiger partial charge in [-0.1, -0.05) is 12.1 Å². The maximum atomic E-state index is 14.1. The number of hydrogen-bond acceptors (Lipinski definition) is 9. The summed E-state index contributed by atoms with van der Waals surface area (Å²) in [5.74, 6) is -0.972. The Kier molecular flexibility index (Phi) is 8.59. The molecule has 11 nitrogen and oxygen atoms in total. The lowest BCUT2D eigenvalue weighted by molar-refractivity contribution is -0.138. The van der Waals surface area contributed by atoms with Crippen LogP contribution in [-0.4, -0.2) is 62.3 Å². The van der Waals surface area contributed by atoms with Crippen molar-refractivity contribution in [3.63, 3.8) is 0 Å². The molecule has 222 valence electrons. The van der Waals surface area contributed by atoms with Crippen LogP contribution in [0.4, 0.5) is 30.5 Å². The standard InChI is InChI=1S/C29H28F3N9O2/c1-17-2-5-21(11-24(17)40-28-37-7-6-23(39-28)20-12-34-16-35-13-20)38-27(43)18-3-4-19(22(10-18)29(30,31)32)14-41-9-8-36-25(15-41)26(33)42/h2-7,10-13,16,25,36H,8-9,14-15H2,1H3,(H2,33,42)(H,38,43)(H,37,39,40). The van der Waals surface area contributed by atoms with Gasteiger partial charge < -0.3 is 21.7 Å². The highest BCUT2D eigenvalue weighted by Gasteiger charge is 2.35. The van der Waals surface area contributed by atoms with Crippen LogP contribution in [0, 0.1) is 6.92 Å². The Bertz CT molecular complexity index is 1630. The van der Waals surface area contributed by atoms with Gasteiger partial charge in [-0.05, 0) is 48.4 Å². The Labute approximate surface area is 244 Å². The van der Waals surface area contributed by atoms with Crippen molar-refractivity contribution < 1.29 is 22.8 Å². The molecule has 14 heteroatoms. The quantitative estimate of drug-likeness (QED) is 0.241. The minimum Gasteiger partial charge on any atom is -0.368 e. The first-order valence-electron chi connectivity index (χ1n) is 13.3. The fourth-order valence-electron chi connectivity index (χ4n) is 4.67. The lowest BCUT2D eigenvalue weighted by atomic mass is 10.0. The molecule has 0 aliphatic carbocycles. The average molecular weight is 592 g/mol. The van der Waals surface area contributed by atoms with Crippen molar-refractivity contribution in [1.82, 2.24) is 30.2 Å². The van der Waals surface area contributed by atoms with Gasteiger partial charge in [0, 0.05) is 67.3 Å². The number of carbonyl (C=O) groups excluding carboxylic acids is 2. The number of alkyl halides is 3. The molecule has 3 heterocycles. The highest BCUT2D eigenvalue weighted by Crippen LogP contribution is 2.34. The third-order valence-electron chi connectivity index (χ3n) is 6.93. The minimum absolute atomic E-state index is 0.000267. The van der Waals surface area contributed by atoms with Gasteiger partial charge in [-0.2, -0.15) is 13.2 Å². The second-order valence-electron chi connectivity index (χ2n) is 10.0. The van der Waals surface area contributed by atoms with Crippen molar-refractivity contribution in [3.05, 3.63) is 89.6 Å². The van der Waals surface area contributed by atoms with E-state index in [-0.39, 0.29) is 24.2 Å². The molecule has 2 aromatic carbocycles. The van der Waals surface area contributed by atoms with Gasteiger partial charge in [0.25, 0.3) is 5.91 Å². The first kappa shape index (κ1) is 29.5. The van der Waals surface area contributed by atoms with Crippen LogP contribution >= 0.6 is 0 Å². The van der Waals surface area contributed by atoms with Gasteiger partial charge in [0.15, 0.2) is 0 Å². The molecule has 1 aliphatic heterocycles. The van der Waals surface area contributed by atoms with E-state index < -0.39 is 29.6 Å². The zero-order chi connectivity index (χ0) is 30.6. The summed E-state index contributed by atoms with van der Waals surface area (Å²) in [5.41, 5.74) is 7.38. The van der Waals surface area contributed by atoms with E-state index in [0.717, 1.165) is 11.6 Å². The van der Waals surface area contributed by atoms with E-state index in [0.29, 0.717) is 41.7 Å². The molecule has 43 heavy (non-hydrogen) atoms. The van der Waals surface area contributed by atoms with Crippen LogP contribution in [0.25, 0.3) is 11.3 Å². The molecule has 2 aromatic heterocycles. The van der Waals surface area contributed by atoms with Crippen LogP contribution in [0.3, 0.4) is 0 Å². The number of nitrogens with one attached hydrogen (secondary N) is 3. The molecule has 1 saturated heterocycles. The van der Waals surface area contributed by atoms with Crippen molar-refractivity contribution in [2.24, 2.45) is 5.73 Å². The van der Waals surface area contributed by atoms with Crippen LogP contribution in [0.5, 0.6) is 0 Å². The summed E-state index contributed by atoms with van der Waals surface area (Å²) in [4.78, 5) is 43.1. The molecule has 5 rings (SSSR count).